The first kappa shape index (κ1) is 29.2. The summed E-state index contributed by atoms with van der Waals surface area (Å²) in [5.74, 6) is 0.111. The quantitative estimate of drug-likeness (QED) is 0.132. The van der Waals surface area contributed by atoms with Gasteiger partial charge in [0.1, 0.15) is 0 Å². The molecule has 1 saturated heterocycles. The van der Waals surface area contributed by atoms with Crippen molar-refractivity contribution in [3.05, 3.63) is 0 Å². The fraction of sp³-hybridized carbons (Fsp3) is 0.931. The van der Waals surface area contributed by atoms with Gasteiger partial charge in [0.15, 0.2) is 0 Å². The van der Waals surface area contributed by atoms with E-state index in [0.717, 1.165) is 32.1 Å². The Morgan fingerprint density at radius 1 is 0.500 bits per heavy atom. The summed E-state index contributed by atoms with van der Waals surface area (Å²) in [6.07, 6.45) is 29.2. The molecule has 0 bridgehead atoms. The molecule has 0 aromatic heterocycles. The lowest BCUT2D eigenvalue weighted by atomic mass is 9.83. The maximum Gasteiger partial charge on any atom is 0.229 e. The Balaban J connectivity index is 2.04. The van der Waals surface area contributed by atoms with Gasteiger partial charge in [-0.15, -0.1) is 0 Å². The van der Waals surface area contributed by atoms with E-state index in [4.69, 9.17) is 0 Å². The van der Waals surface area contributed by atoms with E-state index in [2.05, 4.69) is 19.2 Å². The van der Waals surface area contributed by atoms with Crippen LogP contribution in [0.15, 0.2) is 0 Å². The van der Waals surface area contributed by atoms with Crippen molar-refractivity contribution in [1.29, 1.82) is 0 Å². The third-order valence-corrected chi connectivity index (χ3v) is 7.37. The molecule has 188 valence electrons. The minimum absolute atomic E-state index is 0.00903. The zero-order valence-electron chi connectivity index (χ0n) is 21.7. The molecule has 1 aliphatic rings. The van der Waals surface area contributed by atoms with Gasteiger partial charge in [-0.3, -0.25) is 14.9 Å². The Morgan fingerprint density at radius 3 is 1.09 bits per heavy atom. The minimum atomic E-state index is -0.00903. The van der Waals surface area contributed by atoms with Crippen LogP contribution in [0.3, 0.4) is 0 Å². The smallest absolute Gasteiger partial charge is 0.229 e. The van der Waals surface area contributed by atoms with E-state index in [-0.39, 0.29) is 23.7 Å². The fourth-order valence-corrected chi connectivity index (χ4v) is 5.14. The zero-order chi connectivity index (χ0) is 23.3. The molecule has 3 heteroatoms. The van der Waals surface area contributed by atoms with E-state index >= 15 is 0 Å². The highest BCUT2D eigenvalue weighted by atomic mass is 16.2. The van der Waals surface area contributed by atoms with Gasteiger partial charge < -0.3 is 0 Å². The van der Waals surface area contributed by atoms with Crippen molar-refractivity contribution in [2.45, 2.75) is 162 Å². The number of hydrogen-bond donors (Lipinski definition) is 1. The van der Waals surface area contributed by atoms with Crippen molar-refractivity contribution < 1.29 is 9.59 Å². The largest absolute Gasteiger partial charge is 0.296 e. The Bertz CT molecular complexity index is 422. The topological polar surface area (TPSA) is 46.2 Å². The van der Waals surface area contributed by atoms with Crippen molar-refractivity contribution in [2.75, 3.05) is 0 Å². The molecule has 2 amide bonds. The van der Waals surface area contributed by atoms with E-state index in [1.165, 1.54) is 116 Å². The number of imide groups is 1. The van der Waals surface area contributed by atoms with Crippen LogP contribution in [0.4, 0.5) is 0 Å². The lowest BCUT2D eigenvalue weighted by molar-refractivity contribution is -0.140. The van der Waals surface area contributed by atoms with Gasteiger partial charge in [0.05, 0.1) is 0 Å². The van der Waals surface area contributed by atoms with Gasteiger partial charge in [0, 0.05) is 11.8 Å². The molecule has 1 heterocycles. The molecular weight excluding hydrogens is 394 g/mol. The summed E-state index contributed by atoms with van der Waals surface area (Å²) in [5.41, 5.74) is 0. The normalized spacial score (nSPS) is 18.8. The molecule has 0 spiro atoms. The van der Waals surface area contributed by atoms with E-state index in [9.17, 15) is 9.59 Å². The Kier molecular flexibility index (Phi) is 18.9. The predicted molar refractivity (Wildman–Crippen MR) is 138 cm³/mol. The van der Waals surface area contributed by atoms with Crippen LogP contribution in [0.25, 0.3) is 0 Å². The SMILES string of the molecule is CCCCCCCCCCCCC1CC(CCCCCCCCCCCC)C(=O)NC1=O. The van der Waals surface area contributed by atoms with Crippen LogP contribution in [0.5, 0.6) is 0 Å². The molecule has 1 aliphatic heterocycles. The van der Waals surface area contributed by atoms with Gasteiger partial charge in [0.25, 0.3) is 0 Å². The second kappa shape index (κ2) is 20.7. The van der Waals surface area contributed by atoms with E-state index in [1.807, 2.05) is 0 Å². The standard InChI is InChI=1S/C29H55NO2/c1-3-5-7-9-11-13-15-17-19-21-23-26-25-27(29(32)30-28(26)31)24-22-20-18-16-14-12-10-8-6-4-2/h26-27H,3-25H2,1-2H3,(H,30,31,32). The highest BCUT2D eigenvalue weighted by Crippen LogP contribution is 2.27. The lowest BCUT2D eigenvalue weighted by Crippen LogP contribution is -2.46. The molecule has 3 nitrogen and oxygen atoms in total. The van der Waals surface area contributed by atoms with Crippen LogP contribution in [-0.4, -0.2) is 11.8 Å². The molecule has 0 saturated carbocycles. The maximum atomic E-state index is 12.3. The zero-order valence-corrected chi connectivity index (χ0v) is 21.7. The summed E-state index contributed by atoms with van der Waals surface area (Å²) < 4.78 is 0. The molecule has 0 aromatic rings. The summed E-state index contributed by atoms with van der Waals surface area (Å²) in [6, 6.07) is 0. The average molecular weight is 450 g/mol. The highest BCUT2D eigenvalue weighted by Gasteiger charge is 2.33. The number of amides is 2. The van der Waals surface area contributed by atoms with Gasteiger partial charge in [-0.1, -0.05) is 142 Å². The predicted octanol–water partition coefficient (Wildman–Crippen LogP) is 8.89. The maximum absolute atomic E-state index is 12.3. The summed E-state index contributed by atoms with van der Waals surface area (Å²) in [5, 5.41) is 2.67. The molecule has 0 radical (unpaired) electrons. The number of piperidine rings is 1. The summed E-state index contributed by atoms with van der Waals surface area (Å²) in [7, 11) is 0. The van der Waals surface area contributed by atoms with Crippen molar-refractivity contribution in [3.8, 4) is 0 Å². The summed E-state index contributed by atoms with van der Waals surface area (Å²) >= 11 is 0. The van der Waals surface area contributed by atoms with Crippen LogP contribution < -0.4 is 5.32 Å². The van der Waals surface area contributed by atoms with Gasteiger partial charge in [0.2, 0.25) is 11.8 Å². The molecule has 0 aliphatic carbocycles. The van der Waals surface area contributed by atoms with E-state index < -0.39 is 0 Å². The molecule has 1 rings (SSSR count). The van der Waals surface area contributed by atoms with Crippen LogP contribution in [0.1, 0.15) is 162 Å². The second-order valence-electron chi connectivity index (χ2n) is 10.4. The second-order valence-corrected chi connectivity index (χ2v) is 10.4. The first-order valence-electron chi connectivity index (χ1n) is 14.5. The number of nitrogens with one attached hydrogen (secondary N) is 1. The minimum Gasteiger partial charge on any atom is -0.296 e. The highest BCUT2D eigenvalue weighted by molar-refractivity contribution is 5.99. The Hall–Kier alpha value is -0.860. The van der Waals surface area contributed by atoms with Crippen LogP contribution in [0.2, 0.25) is 0 Å². The van der Waals surface area contributed by atoms with Gasteiger partial charge >= 0.3 is 0 Å². The van der Waals surface area contributed by atoms with Gasteiger partial charge in [-0.05, 0) is 19.3 Å². The number of rotatable bonds is 22. The van der Waals surface area contributed by atoms with Crippen LogP contribution in [0, 0.1) is 11.8 Å². The first-order chi connectivity index (χ1) is 15.7. The van der Waals surface area contributed by atoms with Crippen LogP contribution >= 0.6 is 0 Å². The molecule has 32 heavy (non-hydrogen) atoms. The van der Waals surface area contributed by atoms with Crippen molar-refractivity contribution in [3.63, 3.8) is 0 Å². The molecule has 0 aromatic carbocycles. The van der Waals surface area contributed by atoms with Crippen molar-refractivity contribution in [2.24, 2.45) is 11.8 Å². The van der Waals surface area contributed by atoms with E-state index in [0.29, 0.717) is 0 Å². The number of unbranched alkanes of at least 4 members (excludes halogenated alkanes) is 18. The van der Waals surface area contributed by atoms with E-state index in [1.54, 1.807) is 0 Å². The number of carbonyl (C=O) groups is 2. The third-order valence-electron chi connectivity index (χ3n) is 7.37. The number of hydrogen-bond acceptors (Lipinski definition) is 2. The molecule has 2 unspecified atom stereocenters. The first-order valence-corrected chi connectivity index (χ1v) is 14.5. The molecule has 1 fully saturated rings. The summed E-state index contributed by atoms with van der Waals surface area (Å²) in [4.78, 5) is 24.5. The van der Waals surface area contributed by atoms with Crippen LogP contribution in [-0.2, 0) is 9.59 Å². The Morgan fingerprint density at radius 2 is 0.781 bits per heavy atom. The molecular formula is C29H55NO2. The monoisotopic (exact) mass is 449 g/mol. The Labute approximate surface area is 200 Å². The summed E-state index contributed by atoms with van der Waals surface area (Å²) in [6.45, 7) is 4.53. The average Bonchev–Trinajstić information content (AvgIpc) is 2.78. The molecule has 1 N–H and O–H groups in total. The van der Waals surface area contributed by atoms with Gasteiger partial charge in [-0.2, -0.15) is 0 Å². The van der Waals surface area contributed by atoms with Gasteiger partial charge in [-0.25, -0.2) is 0 Å². The van der Waals surface area contributed by atoms with Crippen molar-refractivity contribution in [1.82, 2.24) is 5.32 Å². The number of carbonyl (C=O) groups excluding carboxylic acids is 2. The lowest BCUT2D eigenvalue weighted by Gasteiger charge is -2.27. The molecule has 2 atom stereocenters. The van der Waals surface area contributed by atoms with Crippen molar-refractivity contribution >= 4 is 11.8 Å². The third kappa shape index (κ3) is 15.1. The fourth-order valence-electron chi connectivity index (χ4n) is 5.14.